The highest BCUT2D eigenvalue weighted by atomic mass is 35.5. The Morgan fingerprint density at radius 3 is 2.38 bits per heavy atom. The summed E-state index contributed by atoms with van der Waals surface area (Å²) >= 11 is 5.66. The molecule has 0 aliphatic heterocycles. The van der Waals surface area contributed by atoms with E-state index in [0.29, 0.717) is 5.88 Å². The monoisotopic (exact) mass is 192 g/mol. The molecule has 1 heteroatoms. The molecule has 0 N–H and O–H groups in total. The molecule has 0 aliphatic carbocycles. The summed E-state index contributed by atoms with van der Waals surface area (Å²) in [5.74, 6) is 0.657. The van der Waals surface area contributed by atoms with Crippen LogP contribution >= 0.6 is 11.6 Å². The molecule has 1 aromatic rings. The minimum atomic E-state index is 0.657. The third-order valence-electron chi connectivity index (χ3n) is 1.97. The van der Waals surface area contributed by atoms with Crippen molar-refractivity contribution in [2.75, 3.05) is 5.88 Å². The van der Waals surface area contributed by atoms with Crippen molar-refractivity contribution < 1.29 is 0 Å². The second kappa shape index (κ2) is 4.88. The van der Waals surface area contributed by atoms with E-state index in [4.69, 9.17) is 11.6 Å². The summed E-state index contributed by atoms with van der Waals surface area (Å²) in [4.78, 5) is 0. The van der Waals surface area contributed by atoms with Crippen molar-refractivity contribution in [3.8, 4) is 0 Å². The first-order valence-electron chi connectivity index (χ1n) is 4.25. The normalized spacial score (nSPS) is 9.62. The van der Waals surface area contributed by atoms with Crippen molar-refractivity contribution in [2.45, 2.75) is 6.42 Å². The molecule has 0 spiro atoms. The van der Waals surface area contributed by atoms with Crippen LogP contribution in [-0.2, 0) is 6.42 Å². The van der Waals surface area contributed by atoms with Crippen LogP contribution < -0.4 is 0 Å². The molecule has 0 amide bonds. The number of alkyl halides is 1. The minimum absolute atomic E-state index is 0.657. The Labute approximate surface area is 84.5 Å². The van der Waals surface area contributed by atoms with Crippen LogP contribution in [0.15, 0.2) is 31.4 Å². The van der Waals surface area contributed by atoms with E-state index in [1.807, 2.05) is 18.2 Å². The fraction of sp³-hybridized carbons (Fsp3) is 0.167. The molecule has 0 saturated carbocycles. The molecule has 0 bridgehead atoms. The molecule has 1 rings (SSSR count). The van der Waals surface area contributed by atoms with Gasteiger partial charge in [0.2, 0.25) is 0 Å². The second-order valence-electron chi connectivity index (χ2n) is 2.81. The standard InChI is InChI=1S/C12H13Cl/c1-3-11-6-5-10(7-8-13)9-12(11)4-2/h3-6,9H,1-2,7-8H2. The lowest BCUT2D eigenvalue weighted by atomic mass is 10.0. The largest absolute Gasteiger partial charge is 0.126 e. The Hall–Kier alpha value is -1.01. The first kappa shape index (κ1) is 10.1. The van der Waals surface area contributed by atoms with Crippen LogP contribution in [0.1, 0.15) is 16.7 Å². The molecule has 0 fully saturated rings. The van der Waals surface area contributed by atoms with Gasteiger partial charge in [-0.05, 0) is 23.1 Å². The van der Waals surface area contributed by atoms with Gasteiger partial charge in [0.05, 0.1) is 0 Å². The molecule has 0 heterocycles. The zero-order valence-electron chi connectivity index (χ0n) is 7.59. The number of rotatable bonds is 4. The van der Waals surface area contributed by atoms with Gasteiger partial charge in [-0.25, -0.2) is 0 Å². The highest BCUT2D eigenvalue weighted by Crippen LogP contribution is 2.15. The van der Waals surface area contributed by atoms with Crippen LogP contribution in [0.2, 0.25) is 0 Å². The Morgan fingerprint density at radius 1 is 1.15 bits per heavy atom. The molecule has 0 atom stereocenters. The Morgan fingerprint density at radius 2 is 1.85 bits per heavy atom. The lowest BCUT2D eigenvalue weighted by molar-refractivity contribution is 1.15. The van der Waals surface area contributed by atoms with Gasteiger partial charge in [-0.3, -0.25) is 0 Å². The van der Waals surface area contributed by atoms with Crippen LogP contribution in [0.3, 0.4) is 0 Å². The minimum Gasteiger partial charge on any atom is -0.126 e. The summed E-state index contributed by atoms with van der Waals surface area (Å²) in [5.41, 5.74) is 3.49. The first-order valence-corrected chi connectivity index (χ1v) is 4.79. The number of aryl methyl sites for hydroxylation is 1. The van der Waals surface area contributed by atoms with Gasteiger partial charge in [0, 0.05) is 5.88 Å². The lowest BCUT2D eigenvalue weighted by Crippen LogP contribution is -1.88. The van der Waals surface area contributed by atoms with Gasteiger partial charge in [-0.1, -0.05) is 43.5 Å². The quantitative estimate of drug-likeness (QED) is 0.638. The fourth-order valence-corrected chi connectivity index (χ4v) is 1.47. The van der Waals surface area contributed by atoms with Crippen molar-refractivity contribution in [3.63, 3.8) is 0 Å². The molecular formula is C12H13Cl. The summed E-state index contributed by atoms with van der Waals surface area (Å²) < 4.78 is 0. The number of hydrogen-bond acceptors (Lipinski definition) is 0. The van der Waals surface area contributed by atoms with Gasteiger partial charge in [0.15, 0.2) is 0 Å². The zero-order chi connectivity index (χ0) is 9.68. The predicted octanol–water partition coefficient (Wildman–Crippen LogP) is 3.75. The van der Waals surface area contributed by atoms with Crippen molar-refractivity contribution >= 4 is 23.8 Å². The van der Waals surface area contributed by atoms with Gasteiger partial charge in [0.25, 0.3) is 0 Å². The third kappa shape index (κ3) is 2.46. The number of halogens is 1. The van der Waals surface area contributed by atoms with Gasteiger partial charge in [0.1, 0.15) is 0 Å². The number of benzene rings is 1. The topological polar surface area (TPSA) is 0 Å². The van der Waals surface area contributed by atoms with Crippen LogP contribution in [-0.4, -0.2) is 5.88 Å². The van der Waals surface area contributed by atoms with E-state index < -0.39 is 0 Å². The summed E-state index contributed by atoms with van der Waals surface area (Å²) in [6.45, 7) is 7.50. The van der Waals surface area contributed by atoms with E-state index >= 15 is 0 Å². The summed E-state index contributed by atoms with van der Waals surface area (Å²) in [7, 11) is 0. The van der Waals surface area contributed by atoms with Crippen LogP contribution in [0, 0.1) is 0 Å². The lowest BCUT2D eigenvalue weighted by Gasteiger charge is -2.03. The van der Waals surface area contributed by atoms with E-state index in [9.17, 15) is 0 Å². The maximum absolute atomic E-state index is 5.66. The highest BCUT2D eigenvalue weighted by molar-refractivity contribution is 6.17. The maximum atomic E-state index is 5.66. The Kier molecular flexibility index (Phi) is 3.78. The van der Waals surface area contributed by atoms with E-state index in [2.05, 4.69) is 25.3 Å². The smallest absolute Gasteiger partial charge is 0.0263 e. The maximum Gasteiger partial charge on any atom is 0.0263 e. The van der Waals surface area contributed by atoms with E-state index in [1.165, 1.54) is 5.56 Å². The Balaban J connectivity index is 3.05. The average molecular weight is 193 g/mol. The van der Waals surface area contributed by atoms with Gasteiger partial charge in [-0.15, -0.1) is 11.6 Å². The van der Waals surface area contributed by atoms with Crippen LogP contribution in [0.4, 0.5) is 0 Å². The Bertz CT molecular complexity index is 313. The van der Waals surface area contributed by atoms with Crippen molar-refractivity contribution in [1.29, 1.82) is 0 Å². The van der Waals surface area contributed by atoms with Crippen molar-refractivity contribution in [3.05, 3.63) is 48.0 Å². The van der Waals surface area contributed by atoms with Crippen molar-refractivity contribution in [1.82, 2.24) is 0 Å². The summed E-state index contributed by atoms with van der Waals surface area (Å²) in [6.07, 6.45) is 4.58. The first-order chi connectivity index (χ1) is 6.31. The van der Waals surface area contributed by atoms with E-state index in [0.717, 1.165) is 17.5 Å². The molecule has 0 aromatic heterocycles. The molecule has 0 saturated heterocycles. The molecule has 1 aromatic carbocycles. The molecule has 0 nitrogen and oxygen atoms in total. The average Bonchev–Trinajstić information content (AvgIpc) is 2.18. The SMILES string of the molecule is C=Cc1ccc(CCCl)cc1C=C. The van der Waals surface area contributed by atoms with Crippen LogP contribution in [0.25, 0.3) is 12.2 Å². The number of hydrogen-bond donors (Lipinski definition) is 0. The van der Waals surface area contributed by atoms with Crippen LogP contribution in [0.5, 0.6) is 0 Å². The second-order valence-corrected chi connectivity index (χ2v) is 3.19. The molecule has 0 radical (unpaired) electrons. The molecule has 0 aliphatic rings. The fourth-order valence-electron chi connectivity index (χ4n) is 1.25. The molecule has 0 unspecified atom stereocenters. The predicted molar refractivity (Wildman–Crippen MR) is 61.0 cm³/mol. The van der Waals surface area contributed by atoms with E-state index in [-0.39, 0.29) is 0 Å². The summed E-state index contributed by atoms with van der Waals surface area (Å²) in [6, 6.07) is 6.23. The van der Waals surface area contributed by atoms with Gasteiger partial charge < -0.3 is 0 Å². The molecule has 68 valence electrons. The van der Waals surface area contributed by atoms with Crippen molar-refractivity contribution in [2.24, 2.45) is 0 Å². The third-order valence-corrected chi connectivity index (χ3v) is 2.16. The van der Waals surface area contributed by atoms with Gasteiger partial charge >= 0.3 is 0 Å². The molecule has 13 heavy (non-hydrogen) atoms. The van der Waals surface area contributed by atoms with Gasteiger partial charge in [-0.2, -0.15) is 0 Å². The van der Waals surface area contributed by atoms with E-state index in [1.54, 1.807) is 0 Å². The zero-order valence-corrected chi connectivity index (χ0v) is 8.35. The molecular weight excluding hydrogens is 180 g/mol. The summed E-state index contributed by atoms with van der Waals surface area (Å²) in [5, 5.41) is 0. The highest BCUT2D eigenvalue weighted by Gasteiger charge is 1.97.